The average Bonchev–Trinajstić information content (AvgIpc) is 4.15. The molecule has 4 aromatic rings. The maximum Gasteiger partial charge on any atom is 0.248 e. The molecular formula is C77H134N6O5. The number of hydrogen-bond donors (Lipinski definition) is 1. The van der Waals surface area contributed by atoms with Crippen LogP contribution in [-0.4, -0.2) is 115 Å². The van der Waals surface area contributed by atoms with Gasteiger partial charge in [0.2, 0.25) is 17.3 Å². The summed E-state index contributed by atoms with van der Waals surface area (Å²) in [4.78, 5) is 40.8. The van der Waals surface area contributed by atoms with Crippen LogP contribution in [0.3, 0.4) is 0 Å². The van der Waals surface area contributed by atoms with Crippen LogP contribution in [0.1, 0.15) is 247 Å². The fourth-order valence-electron chi connectivity index (χ4n) is 10.2. The zero-order valence-corrected chi connectivity index (χ0v) is 61.7. The molecule has 1 saturated carbocycles. The van der Waals surface area contributed by atoms with Gasteiger partial charge in [0.15, 0.2) is 0 Å². The number of pyridine rings is 3. The number of likely N-dealkylation sites (N-methyl/N-ethyl adjacent to an activating group) is 1. The molecule has 502 valence electrons. The molecule has 1 aromatic carbocycles. The molecule has 3 aromatic heterocycles. The smallest absolute Gasteiger partial charge is 0.248 e. The van der Waals surface area contributed by atoms with E-state index in [4.69, 9.17) is 14.2 Å². The Bertz CT molecular complexity index is 2510. The third kappa shape index (κ3) is 37.5. The molecule has 1 unspecified atom stereocenters. The molecule has 0 spiro atoms. The maximum absolute atomic E-state index is 12.3. The molecular weight excluding hydrogens is 1090 g/mol. The third-order valence-corrected chi connectivity index (χ3v) is 15.4. The highest BCUT2D eigenvalue weighted by molar-refractivity contribution is 5.81. The van der Waals surface area contributed by atoms with Gasteiger partial charge in [0.05, 0.1) is 19.3 Å². The first-order valence-corrected chi connectivity index (χ1v) is 33.6. The fourth-order valence-corrected chi connectivity index (χ4v) is 10.2. The van der Waals surface area contributed by atoms with Crippen LogP contribution in [0.5, 0.6) is 11.6 Å². The minimum Gasteiger partial charge on any atom is -0.492 e. The van der Waals surface area contributed by atoms with Crippen LogP contribution in [0.15, 0.2) is 90.1 Å². The number of carbonyl (C=O) groups is 1. The second-order valence-electron chi connectivity index (χ2n) is 33.3. The van der Waals surface area contributed by atoms with Crippen molar-refractivity contribution in [3.63, 3.8) is 0 Å². The Labute approximate surface area is 541 Å². The van der Waals surface area contributed by atoms with Gasteiger partial charge in [-0.3, -0.25) is 14.6 Å². The maximum atomic E-state index is 12.3. The predicted octanol–water partition coefficient (Wildman–Crippen LogP) is 18.4. The van der Waals surface area contributed by atoms with Crippen molar-refractivity contribution in [3.8, 4) is 11.6 Å². The number of carbonyl (C=O) groups excluding carboxylic acids is 1. The normalized spacial score (nSPS) is 16.2. The van der Waals surface area contributed by atoms with Crippen molar-refractivity contribution >= 4 is 5.91 Å². The molecule has 0 radical (unpaired) electrons. The molecule has 1 N–H and O–H groups in total. The zero-order valence-electron chi connectivity index (χ0n) is 61.7. The molecule has 88 heavy (non-hydrogen) atoms. The Morgan fingerprint density at radius 2 is 1.22 bits per heavy atom. The van der Waals surface area contributed by atoms with Crippen molar-refractivity contribution < 1.29 is 19.0 Å². The summed E-state index contributed by atoms with van der Waals surface area (Å²) in [5, 5.41) is 0. The largest absolute Gasteiger partial charge is 0.492 e. The standard InChI is InChI=1S/C15H28N2O2.C14H23NO.C13H21NO.C9H13NO.C9H13N.C9H18.C8H18/c1-15(2,3)14(18)17-9-10-19-13(12-17)11-16-7-5-4-6-8-16;1-14(2,3)12-7-6-8-13(11-12)16-10-9-15(4)5;1-10(2)9-15-12-7-6-11(8-14-12)13(3,4)5;1-9(2,3)7-5-4-6-8(11)10-7;1-9(2,3)8-4-6-10-7-5-8;1-9(2,3)8-6-4-5-7-8;1-7(2)6-8(3,4)5/h13H,4-12H2,1-3H3;6-8,11H,9-10H2,1-5H3;6-8,10H,9H2,1-5H3;4-6H,1-3H3,(H,10,11);4-7H,1-3H3;8H,4-7H2,1-3H3;7H,6H2,1-5H3. The number of nitrogens with zero attached hydrogens (tertiary/aromatic N) is 5. The number of piperidine rings is 1. The van der Waals surface area contributed by atoms with E-state index in [0.29, 0.717) is 23.4 Å². The molecule has 11 heteroatoms. The Morgan fingerprint density at radius 3 is 1.62 bits per heavy atom. The molecule has 1 aliphatic carbocycles. The number of nitrogens with one attached hydrogen (secondary N) is 1. The fraction of sp³-hybridized carbons (Fsp3) is 0.714. The second kappa shape index (κ2) is 38.3. The van der Waals surface area contributed by atoms with Crippen molar-refractivity contribution in [2.45, 2.75) is 252 Å². The number of hydrogen-bond acceptors (Lipinski definition) is 9. The number of amides is 1. The summed E-state index contributed by atoms with van der Waals surface area (Å²) in [6.07, 6.45) is 16.9. The average molecular weight is 1220 g/mol. The lowest BCUT2D eigenvalue weighted by molar-refractivity contribution is -0.147. The van der Waals surface area contributed by atoms with Gasteiger partial charge in [0.1, 0.15) is 12.4 Å². The summed E-state index contributed by atoms with van der Waals surface area (Å²) < 4.78 is 17.1. The van der Waals surface area contributed by atoms with Gasteiger partial charge >= 0.3 is 0 Å². The summed E-state index contributed by atoms with van der Waals surface area (Å²) in [6.45, 7) is 62.6. The molecule has 2 aliphatic heterocycles. The number of likely N-dealkylation sites (tertiary alicyclic amines) is 1. The van der Waals surface area contributed by atoms with Gasteiger partial charge in [-0.15, -0.1) is 0 Å². The van der Waals surface area contributed by atoms with Crippen LogP contribution in [0.25, 0.3) is 0 Å². The first-order chi connectivity index (χ1) is 40.4. The lowest BCUT2D eigenvalue weighted by atomic mass is 9.80. The third-order valence-electron chi connectivity index (χ3n) is 15.4. The van der Waals surface area contributed by atoms with Crippen molar-refractivity contribution in [1.82, 2.24) is 29.7 Å². The van der Waals surface area contributed by atoms with Crippen LogP contribution in [0, 0.1) is 34.0 Å². The molecule has 2 saturated heterocycles. The summed E-state index contributed by atoms with van der Waals surface area (Å²) >= 11 is 0. The summed E-state index contributed by atoms with van der Waals surface area (Å²) in [5.74, 6) is 4.33. The highest BCUT2D eigenvalue weighted by atomic mass is 16.5. The molecule has 0 bridgehead atoms. The number of aromatic amines is 1. The topological polar surface area (TPSA) is 113 Å². The van der Waals surface area contributed by atoms with Crippen molar-refractivity contribution in [2.75, 3.05) is 73.2 Å². The van der Waals surface area contributed by atoms with Crippen LogP contribution < -0.4 is 15.0 Å². The number of ether oxygens (including phenoxy) is 3. The molecule has 11 nitrogen and oxygen atoms in total. The van der Waals surface area contributed by atoms with Gasteiger partial charge in [-0.2, -0.15) is 0 Å². The van der Waals surface area contributed by atoms with Gasteiger partial charge in [-0.25, -0.2) is 4.98 Å². The minimum atomic E-state index is -0.285. The highest BCUT2D eigenvalue weighted by Gasteiger charge is 2.32. The number of H-pyrrole nitrogens is 1. The molecule has 3 fully saturated rings. The Morgan fingerprint density at radius 1 is 0.648 bits per heavy atom. The van der Waals surface area contributed by atoms with Gasteiger partial charge < -0.3 is 33.9 Å². The van der Waals surface area contributed by atoms with E-state index in [1.807, 2.05) is 62.5 Å². The Kier molecular flexibility index (Phi) is 35.5. The van der Waals surface area contributed by atoms with E-state index >= 15 is 0 Å². The highest BCUT2D eigenvalue weighted by Crippen LogP contribution is 2.39. The molecule has 5 heterocycles. The van der Waals surface area contributed by atoms with Crippen molar-refractivity contribution in [1.29, 1.82) is 0 Å². The quantitative estimate of drug-likeness (QED) is 0.166. The number of morpholine rings is 1. The van der Waals surface area contributed by atoms with Gasteiger partial charge in [-0.1, -0.05) is 217 Å². The van der Waals surface area contributed by atoms with E-state index < -0.39 is 0 Å². The van der Waals surface area contributed by atoms with E-state index in [9.17, 15) is 9.59 Å². The monoisotopic (exact) mass is 1220 g/mol. The molecule has 7 rings (SSSR count). The van der Waals surface area contributed by atoms with Gasteiger partial charge in [0.25, 0.3) is 0 Å². The lowest BCUT2D eigenvalue weighted by Gasteiger charge is -2.39. The summed E-state index contributed by atoms with van der Waals surface area (Å²) in [6, 6.07) is 21.7. The van der Waals surface area contributed by atoms with Crippen molar-refractivity contribution in [2.24, 2.45) is 34.0 Å². The minimum absolute atomic E-state index is 0.0282. The zero-order chi connectivity index (χ0) is 67.3. The van der Waals surface area contributed by atoms with Crippen LogP contribution in [0.2, 0.25) is 0 Å². The summed E-state index contributed by atoms with van der Waals surface area (Å²) in [5.41, 5.74) is 6.27. The van der Waals surface area contributed by atoms with E-state index in [0.717, 1.165) is 68.6 Å². The van der Waals surface area contributed by atoms with Crippen LogP contribution in [-0.2, 0) is 31.2 Å². The second-order valence-corrected chi connectivity index (χ2v) is 33.3. The van der Waals surface area contributed by atoms with E-state index in [1.165, 1.54) is 87.2 Å². The Balaban J connectivity index is 0.000000524. The summed E-state index contributed by atoms with van der Waals surface area (Å²) in [7, 11) is 4.10. The molecule has 1 amide bonds. The molecule has 3 aliphatic rings. The first kappa shape index (κ1) is 81.4. The van der Waals surface area contributed by atoms with Gasteiger partial charge in [-0.05, 0) is 151 Å². The van der Waals surface area contributed by atoms with E-state index in [-0.39, 0.29) is 44.6 Å². The SMILES string of the molecule is CC(C)(C)C(=O)N1CCOC(CN2CCCCC2)C1.CC(C)(C)C1CCCC1.CC(C)(C)c1cccc(=O)[nH]1.CC(C)(C)c1ccncc1.CC(C)CC(C)(C)C.CC(C)COc1ccc(C(C)(C)C)cn1.CN(C)CCOc1cccc(C(C)(C)C)c1. The Hall–Kier alpha value is -4.58. The van der Waals surface area contributed by atoms with Crippen LogP contribution in [0.4, 0.5) is 0 Å². The molecule has 1 atom stereocenters. The first-order valence-electron chi connectivity index (χ1n) is 33.6. The predicted molar refractivity (Wildman–Crippen MR) is 378 cm³/mol. The van der Waals surface area contributed by atoms with Crippen LogP contribution >= 0.6 is 0 Å². The van der Waals surface area contributed by atoms with E-state index in [2.05, 4.69) is 228 Å². The van der Waals surface area contributed by atoms with Crippen molar-refractivity contribution in [3.05, 3.63) is 118 Å². The van der Waals surface area contributed by atoms with Gasteiger partial charge in [0, 0.05) is 73.4 Å². The lowest BCUT2D eigenvalue weighted by Crippen LogP contribution is -2.52. The number of aromatic nitrogens is 3. The number of benzene rings is 1. The van der Waals surface area contributed by atoms with E-state index in [1.54, 1.807) is 6.07 Å². The number of rotatable bonds is 10.